The number of nitrogens with one attached hydrogen (secondary N) is 1. The summed E-state index contributed by atoms with van der Waals surface area (Å²) in [5.41, 5.74) is 2.64. The first-order valence-electron chi connectivity index (χ1n) is 8.90. The Morgan fingerprint density at radius 3 is 2.74 bits per heavy atom. The van der Waals surface area contributed by atoms with Crippen molar-refractivity contribution in [3.05, 3.63) is 76.6 Å². The Balaban J connectivity index is 1.68. The summed E-state index contributed by atoms with van der Waals surface area (Å²) in [6, 6.07) is 9.53. The van der Waals surface area contributed by atoms with E-state index in [0.29, 0.717) is 23.4 Å². The number of nitrogens with zero attached hydrogens (tertiary/aromatic N) is 3. The summed E-state index contributed by atoms with van der Waals surface area (Å²) in [6.07, 6.45) is 8.38. The third-order valence-electron chi connectivity index (χ3n) is 4.32. The van der Waals surface area contributed by atoms with Gasteiger partial charge in [0.15, 0.2) is 0 Å². The first-order valence-corrected chi connectivity index (χ1v) is 8.90. The number of fused-ring (bicyclic) bond motifs is 1. The predicted molar refractivity (Wildman–Crippen MR) is 106 cm³/mol. The van der Waals surface area contributed by atoms with E-state index >= 15 is 0 Å². The molecule has 0 fully saturated rings. The lowest BCUT2D eigenvalue weighted by atomic mass is 10.0. The van der Waals surface area contributed by atoms with Crippen LogP contribution in [-0.2, 0) is 11.2 Å². The van der Waals surface area contributed by atoms with E-state index in [1.165, 1.54) is 23.2 Å². The van der Waals surface area contributed by atoms with Gasteiger partial charge in [-0.25, -0.2) is 4.98 Å². The third-order valence-corrected chi connectivity index (χ3v) is 4.32. The molecule has 2 heterocycles. The summed E-state index contributed by atoms with van der Waals surface area (Å²) >= 11 is 0. The Morgan fingerprint density at radius 1 is 1.22 bits per heavy atom. The molecule has 1 N–H and O–H groups in total. The maximum atomic E-state index is 12.6. The molecular weight excluding hydrogens is 340 g/mol. The van der Waals surface area contributed by atoms with Crippen LogP contribution in [0.2, 0.25) is 0 Å². The van der Waals surface area contributed by atoms with Gasteiger partial charge in [0.05, 0.1) is 10.9 Å². The number of amides is 1. The van der Waals surface area contributed by atoms with Crippen LogP contribution >= 0.6 is 0 Å². The normalized spacial score (nSPS) is 11.4. The van der Waals surface area contributed by atoms with Gasteiger partial charge in [0, 0.05) is 31.2 Å². The molecule has 6 heteroatoms. The highest BCUT2D eigenvalue weighted by Crippen LogP contribution is 2.17. The van der Waals surface area contributed by atoms with Crippen molar-refractivity contribution in [2.45, 2.75) is 26.2 Å². The molecule has 1 aromatic carbocycles. The Kier molecular flexibility index (Phi) is 5.76. The smallest absolute Gasteiger partial charge is 0.265 e. The van der Waals surface area contributed by atoms with Gasteiger partial charge in [-0.1, -0.05) is 19.9 Å². The molecule has 0 spiro atoms. The summed E-state index contributed by atoms with van der Waals surface area (Å²) in [5, 5.41) is 3.35. The first-order chi connectivity index (χ1) is 13.0. The molecule has 0 unspecified atom stereocenters. The van der Waals surface area contributed by atoms with Gasteiger partial charge in [0.2, 0.25) is 5.91 Å². The highest BCUT2D eigenvalue weighted by molar-refractivity contribution is 5.90. The number of rotatable bonds is 6. The fourth-order valence-electron chi connectivity index (χ4n) is 2.71. The highest BCUT2D eigenvalue weighted by atomic mass is 16.1. The van der Waals surface area contributed by atoms with E-state index in [1.807, 2.05) is 30.3 Å². The van der Waals surface area contributed by atoms with Crippen LogP contribution in [0.15, 0.2) is 59.9 Å². The number of benzene rings is 1. The number of aromatic nitrogens is 3. The van der Waals surface area contributed by atoms with Crippen molar-refractivity contribution in [3.8, 4) is 0 Å². The van der Waals surface area contributed by atoms with Gasteiger partial charge in [-0.2, -0.15) is 0 Å². The molecule has 0 saturated carbocycles. The van der Waals surface area contributed by atoms with E-state index < -0.39 is 0 Å². The molecule has 0 aliphatic rings. The topological polar surface area (TPSA) is 76.9 Å². The zero-order valence-corrected chi connectivity index (χ0v) is 15.4. The molecule has 2 aromatic heterocycles. The Labute approximate surface area is 157 Å². The Bertz CT molecular complexity index is 1020. The van der Waals surface area contributed by atoms with Gasteiger partial charge in [-0.05, 0) is 47.7 Å². The zero-order valence-electron chi connectivity index (χ0n) is 15.4. The molecule has 6 nitrogen and oxygen atoms in total. The summed E-state index contributed by atoms with van der Waals surface area (Å²) in [7, 11) is 0. The van der Waals surface area contributed by atoms with Crippen molar-refractivity contribution in [1.29, 1.82) is 0 Å². The van der Waals surface area contributed by atoms with Crippen molar-refractivity contribution >= 4 is 23.0 Å². The lowest BCUT2D eigenvalue weighted by Crippen LogP contribution is -2.24. The minimum Gasteiger partial charge on any atom is -0.352 e. The number of hydrogen-bond acceptors (Lipinski definition) is 4. The SMILES string of the molecule is CC(C)c1ccc2ncn(C=CC(=O)NCCc3ccncc3)c(=O)c2c1. The molecule has 0 aliphatic heterocycles. The van der Waals surface area contributed by atoms with E-state index in [1.54, 1.807) is 12.4 Å². The van der Waals surface area contributed by atoms with E-state index in [2.05, 4.69) is 29.1 Å². The first kappa shape index (κ1) is 18.5. The molecule has 0 bridgehead atoms. The molecule has 1 amide bonds. The Morgan fingerprint density at radius 2 is 2.00 bits per heavy atom. The maximum absolute atomic E-state index is 12.6. The summed E-state index contributed by atoms with van der Waals surface area (Å²) < 4.78 is 1.33. The van der Waals surface area contributed by atoms with Crippen molar-refractivity contribution in [2.75, 3.05) is 6.54 Å². The van der Waals surface area contributed by atoms with E-state index in [-0.39, 0.29) is 11.5 Å². The zero-order chi connectivity index (χ0) is 19.2. The largest absolute Gasteiger partial charge is 0.352 e. The summed E-state index contributed by atoms with van der Waals surface area (Å²) in [5.74, 6) is 0.0659. The minimum absolute atomic E-state index is 0.191. The molecular formula is C21H22N4O2. The third kappa shape index (κ3) is 4.67. The molecule has 27 heavy (non-hydrogen) atoms. The van der Waals surface area contributed by atoms with Gasteiger partial charge in [0.1, 0.15) is 6.33 Å². The lowest BCUT2D eigenvalue weighted by molar-refractivity contribution is -0.116. The maximum Gasteiger partial charge on any atom is 0.265 e. The Hall–Kier alpha value is -3.28. The second-order valence-corrected chi connectivity index (χ2v) is 6.60. The molecule has 0 radical (unpaired) electrons. The minimum atomic E-state index is -0.257. The van der Waals surface area contributed by atoms with Crippen LogP contribution in [0.5, 0.6) is 0 Å². The van der Waals surface area contributed by atoms with Crippen LogP contribution in [0.3, 0.4) is 0 Å². The summed E-state index contributed by atoms with van der Waals surface area (Å²) in [6.45, 7) is 4.66. The van der Waals surface area contributed by atoms with Gasteiger partial charge < -0.3 is 5.32 Å². The quantitative estimate of drug-likeness (QED) is 0.684. The fraction of sp³-hybridized carbons (Fsp3) is 0.238. The second kappa shape index (κ2) is 8.40. The van der Waals surface area contributed by atoms with Crippen LogP contribution < -0.4 is 10.9 Å². The number of carbonyl (C=O) groups is 1. The van der Waals surface area contributed by atoms with Crippen molar-refractivity contribution in [3.63, 3.8) is 0 Å². The lowest BCUT2D eigenvalue weighted by Gasteiger charge is -2.07. The highest BCUT2D eigenvalue weighted by Gasteiger charge is 2.06. The van der Waals surface area contributed by atoms with Gasteiger partial charge in [0.25, 0.3) is 5.56 Å². The van der Waals surface area contributed by atoms with Crippen molar-refractivity contribution in [1.82, 2.24) is 19.9 Å². The van der Waals surface area contributed by atoms with Crippen LogP contribution in [0.25, 0.3) is 17.1 Å². The van der Waals surface area contributed by atoms with Crippen LogP contribution in [0, 0.1) is 0 Å². The molecule has 3 rings (SSSR count). The van der Waals surface area contributed by atoms with E-state index in [9.17, 15) is 9.59 Å². The van der Waals surface area contributed by atoms with Crippen LogP contribution in [-0.4, -0.2) is 27.0 Å². The average Bonchev–Trinajstić information content (AvgIpc) is 2.68. The van der Waals surface area contributed by atoms with Gasteiger partial charge >= 0.3 is 0 Å². The van der Waals surface area contributed by atoms with Crippen molar-refractivity contribution in [2.24, 2.45) is 0 Å². The molecule has 0 atom stereocenters. The predicted octanol–water partition coefficient (Wildman–Crippen LogP) is 2.74. The van der Waals surface area contributed by atoms with Crippen LogP contribution in [0.1, 0.15) is 30.9 Å². The standard InChI is InChI=1S/C21H22N4O2/c1-15(2)17-3-4-19-18(13-17)21(27)25(14-24-19)12-8-20(26)23-11-7-16-5-9-22-10-6-16/h3-6,8-10,12-15H,7,11H2,1-2H3,(H,23,26). The molecule has 0 saturated heterocycles. The molecule has 3 aromatic rings. The van der Waals surface area contributed by atoms with Gasteiger partial charge in [-0.3, -0.25) is 19.1 Å². The molecule has 0 aliphatic carbocycles. The van der Waals surface area contributed by atoms with E-state index in [4.69, 9.17) is 0 Å². The van der Waals surface area contributed by atoms with E-state index in [0.717, 1.165) is 17.5 Å². The fourth-order valence-corrected chi connectivity index (χ4v) is 2.71. The molecule has 138 valence electrons. The number of carbonyl (C=O) groups excluding carboxylic acids is 1. The monoisotopic (exact) mass is 362 g/mol. The summed E-state index contributed by atoms with van der Waals surface area (Å²) in [4.78, 5) is 32.9. The van der Waals surface area contributed by atoms with Crippen molar-refractivity contribution < 1.29 is 4.79 Å². The average molecular weight is 362 g/mol. The number of pyridine rings is 1. The van der Waals surface area contributed by atoms with Crippen LogP contribution in [0.4, 0.5) is 0 Å². The second-order valence-electron chi connectivity index (χ2n) is 6.60. The number of hydrogen-bond donors (Lipinski definition) is 1. The van der Waals surface area contributed by atoms with Gasteiger partial charge in [-0.15, -0.1) is 0 Å².